The molecule has 0 spiro atoms. The van der Waals surface area contributed by atoms with Gasteiger partial charge in [0.15, 0.2) is 0 Å². The van der Waals surface area contributed by atoms with Gasteiger partial charge in [-0.1, -0.05) is 54.1 Å². The third-order valence-electron chi connectivity index (χ3n) is 6.46. The molecule has 0 bridgehead atoms. The Morgan fingerprint density at radius 3 is 2.17 bits per heavy atom. The SMILES string of the molecule is O=C(C1CC[NH+](Cc2cccc(Cl)c2)CC1)N1CC[NH+](Cc2ccccc2)CC1. The van der Waals surface area contributed by atoms with Crippen LogP contribution < -0.4 is 9.80 Å². The van der Waals surface area contributed by atoms with Crippen LogP contribution in [0.1, 0.15) is 24.0 Å². The summed E-state index contributed by atoms with van der Waals surface area (Å²) in [5, 5.41) is 0.806. The summed E-state index contributed by atoms with van der Waals surface area (Å²) in [5.74, 6) is 0.611. The average Bonchev–Trinajstić information content (AvgIpc) is 2.75. The Bertz CT molecular complexity index is 797. The van der Waals surface area contributed by atoms with Crippen molar-refractivity contribution in [3.05, 3.63) is 70.7 Å². The highest BCUT2D eigenvalue weighted by atomic mass is 35.5. The molecule has 0 atom stereocenters. The highest BCUT2D eigenvalue weighted by molar-refractivity contribution is 6.30. The molecular formula is C24H32ClN3O+2. The number of benzene rings is 2. The maximum atomic E-state index is 13.0. The van der Waals surface area contributed by atoms with Crippen LogP contribution >= 0.6 is 11.6 Å². The van der Waals surface area contributed by atoms with Crippen LogP contribution in [0.5, 0.6) is 0 Å². The fourth-order valence-electron chi connectivity index (χ4n) is 4.75. The van der Waals surface area contributed by atoms with Gasteiger partial charge in [0.25, 0.3) is 0 Å². The molecule has 2 aliphatic heterocycles. The predicted octanol–water partition coefficient (Wildman–Crippen LogP) is 1.06. The summed E-state index contributed by atoms with van der Waals surface area (Å²) in [7, 11) is 0. The van der Waals surface area contributed by atoms with E-state index >= 15 is 0 Å². The van der Waals surface area contributed by atoms with E-state index in [2.05, 4.69) is 47.4 Å². The van der Waals surface area contributed by atoms with E-state index in [0.29, 0.717) is 5.91 Å². The van der Waals surface area contributed by atoms with Gasteiger partial charge in [0.05, 0.1) is 39.3 Å². The number of halogens is 1. The first kappa shape index (κ1) is 20.4. The van der Waals surface area contributed by atoms with Gasteiger partial charge in [-0.2, -0.15) is 0 Å². The Morgan fingerprint density at radius 1 is 0.862 bits per heavy atom. The lowest BCUT2D eigenvalue weighted by Gasteiger charge is -2.36. The Hall–Kier alpha value is -1.88. The Balaban J connectivity index is 1.21. The summed E-state index contributed by atoms with van der Waals surface area (Å²) >= 11 is 6.11. The minimum atomic E-state index is 0.216. The molecule has 0 radical (unpaired) electrons. The minimum Gasteiger partial charge on any atom is -0.331 e. The maximum absolute atomic E-state index is 13.0. The molecule has 4 rings (SSSR count). The van der Waals surface area contributed by atoms with E-state index in [9.17, 15) is 4.79 Å². The first-order chi connectivity index (χ1) is 14.2. The second kappa shape index (κ2) is 9.75. The lowest BCUT2D eigenvalue weighted by Crippen LogP contribution is -3.13. The number of piperidine rings is 1. The summed E-state index contributed by atoms with van der Waals surface area (Å²) in [4.78, 5) is 18.3. The number of carbonyl (C=O) groups is 1. The molecule has 2 heterocycles. The van der Waals surface area contributed by atoms with E-state index in [-0.39, 0.29) is 5.92 Å². The Labute approximate surface area is 179 Å². The minimum absolute atomic E-state index is 0.216. The monoisotopic (exact) mass is 413 g/mol. The summed E-state index contributed by atoms with van der Waals surface area (Å²) in [5.41, 5.74) is 2.67. The molecule has 0 saturated carbocycles. The van der Waals surface area contributed by atoms with Crippen LogP contribution in [0.15, 0.2) is 54.6 Å². The first-order valence-electron chi connectivity index (χ1n) is 10.9. The van der Waals surface area contributed by atoms with Crippen LogP contribution in [-0.4, -0.2) is 50.1 Å². The Kier molecular flexibility index (Phi) is 6.86. The number of nitrogens with zero attached hydrogens (tertiary/aromatic N) is 1. The molecule has 2 aliphatic rings. The molecule has 2 saturated heterocycles. The van der Waals surface area contributed by atoms with E-state index < -0.39 is 0 Å². The number of piperazine rings is 1. The summed E-state index contributed by atoms with van der Waals surface area (Å²) < 4.78 is 0. The highest BCUT2D eigenvalue weighted by Crippen LogP contribution is 2.15. The van der Waals surface area contributed by atoms with Gasteiger partial charge in [-0.25, -0.2) is 0 Å². The molecule has 5 heteroatoms. The van der Waals surface area contributed by atoms with Crippen molar-refractivity contribution in [1.29, 1.82) is 0 Å². The van der Waals surface area contributed by atoms with Crippen molar-refractivity contribution in [2.75, 3.05) is 39.3 Å². The summed E-state index contributed by atoms with van der Waals surface area (Å²) in [6, 6.07) is 18.8. The second-order valence-corrected chi connectivity index (χ2v) is 9.01. The zero-order chi connectivity index (χ0) is 20.1. The average molecular weight is 414 g/mol. The van der Waals surface area contributed by atoms with Crippen LogP contribution in [0.4, 0.5) is 0 Å². The highest BCUT2D eigenvalue weighted by Gasteiger charge is 2.32. The van der Waals surface area contributed by atoms with Gasteiger partial charge in [-0.15, -0.1) is 0 Å². The molecule has 2 fully saturated rings. The quantitative estimate of drug-likeness (QED) is 0.754. The normalized spacial score (nSPS) is 23.1. The molecule has 4 nitrogen and oxygen atoms in total. The van der Waals surface area contributed by atoms with Gasteiger partial charge in [-0.3, -0.25) is 4.79 Å². The number of nitrogens with one attached hydrogen (secondary N) is 2. The smallest absolute Gasteiger partial charge is 0.226 e. The van der Waals surface area contributed by atoms with Crippen LogP contribution in [-0.2, 0) is 17.9 Å². The molecular weight excluding hydrogens is 382 g/mol. The first-order valence-corrected chi connectivity index (χ1v) is 11.3. The third kappa shape index (κ3) is 5.59. The number of amides is 1. The van der Waals surface area contributed by atoms with Crippen LogP contribution in [0, 0.1) is 5.92 Å². The number of hydrogen-bond donors (Lipinski definition) is 2. The van der Waals surface area contributed by atoms with E-state index in [0.717, 1.165) is 70.2 Å². The van der Waals surface area contributed by atoms with Crippen molar-refractivity contribution in [3.8, 4) is 0 Å². The fraction of sp³-hybridized carbons (Fsp3) is 0.458. The van der Waals surface area contributed by atoms with E-state index in [4.69, 9.17) is 11.6 Å². The Morgan fingerprint density at radius 2 is 1.48 bits per heavy atom. The van der Waals surface area contributed by atoms with Crippen LogP contribution in [0.25, 0.3) is 0 Å². The standard InChI is InChI=1S/C24H30ClN3O/c25-23-8-4-7-21(17-23)19-26-11-9-22(10-12-26)24(29)28-15-13-27(14-16-28)18-20-5-2-1-3-6-20/h1-8,17,22H,9-16,18-19H2/p+2. The lowest BCUT2D eigenvalue weighted by molar-refractivity contribution is -0.919. The van der Waals surface area contributed by atoms with Crippen molar-refractivity contribution < 1.29 is 14.6 Å². The van der Waals surface area contributed by atoms with Crippen LogP contribution in [0.3, 0.4) is 0 Å². The summed E-state index contributed by atoms with van der Waals surface area (Å²) in [6.45, 7) is 8.12. The number of hydrogen-bond acceptors (Lipinski definition) is 1. The van der Waals surface area contributed by atoms with Crippen LogP contribution in [0.2, 0.25) is 5.02 Å². The summed E-state index contributed by atoms with van der Waals surface area (Å²) in [6.07, 6.45) is 2.01. The molecule has 29 heavy (non-hydrogen) atoms. The topological polar surface area (TPSA) is 29.2 Å². The van der Waals surface area contributed by atoms with Crippen molar-refractivity contribution in [2.45, 2.75) is 25.9 Å². The van der Waals surface area contributed by atoms with E-state index in [1.54, 1.807) is 9.80 Å². The van der Waals surface area contributed by atoms with Gasteiger partial charge in [0.1, 0.15) is 13.1 Å². The molecule has 2 aromatic rings. The number of carbonyl (C=O) groups excluding carboxylic acids is 1. The lowest BCUT2D eigenvalue weighted by atomic mass is 9.94. The van der Waals surface area contributed by atoms with E-state index in [1.807, 2.05) is 12.1 Å². The number of quaternary nitrogens is 2. The molecule has 2 N–H and O–H groups in total. The van der Waals surface area contributed by atoms with Gasteiger partial charge < -0.3 is 14.7 Å². The van der Waals surface area contributed by atoms with Crippen molar-refractivity contribution in [3.63, 3.8) is 0 Å². The molecule has 0 aromatic heterocycles. The van der Waals surface area contributed by atoms with Gasteiger partial charge >= 0.3 is 0 Å². The predicted molar refractivity (Wildman–Crippen MR) is 116 cm³/mol. The van der Waals surface area contributed by atoms with Crippen molar-refractivity contribution >= 4 is 17.5 Å². The second-order valence-electron chi connectivity index (χ2n) is 8.57. The zero-order valence-electron chi connectivity index (χ0n) is 17.1. The molecule has 2 aromatic carbocycles. The van der Waals surface area contributed by atoms with E-state index in [1.165, 1.54) is 11.1 Å². The van der Waals surface area contributed by atoms with Gasteiger partial charge in [-0.05, 0) is 12.1 Å². The van der Waals surface area contributed by atoms with Crippen molar-refractivity contribution in [2.24, 2.45) is 5.92 Å². The maximum Gasteiger partial charge on any atom is 0.226 e. The zero-order valence-corrected chi connectivity index (χ0v) is 17.8. The van der Waals surface area contributed by atoms with Gasteiger partial charge in [0, 0.05) is 34.9 Å². The molecule has 1 amide bonds. The van der Waals surface area contributed by atoms with Gasteiger partial charge in [0.2, 0.25) is 5.91 Å². The number of rotatable bonds is 5. The third-order valence-corrected chi connectivity index (χ3v) is 6.70. The molecule has 0 aliphatic carbocycles. The van der Waals surface area contributed by atoms with Crippen molar-refractivity contribution in [1.82, 2.24) is 4.90 Å². The largest absolute Gasteiger partial charge is 0.331 e. The fourth-order valence-corrected chi connectivity index (χ4v) is 4.96. The number of likely N-dealkylation sites (tertiary alicyclic amines) is 1. The molecule has 0 unspecified atom stereocenters. The molecule has 154 valence electrons.